The van der Waals surface area contributed by atoms with E-state index in [2.05, 4.69) is 18.8 Å². The molecule has 1 unspecified atom stereocenters. The summed E-state index contributed by atoms with van der Waals surface area (Å²) in [6.45, 7) is 5.06. The van der Waals surface area contributed by atoms with Gasteiger partial charge in [-0.3, -0.25) is 14.6 Å². The molecule has 1 atom stereocenters. The van der Waals surface area contributed by atoms with Crippen LogP contribution in [0.4, 0.5) is 4.79 Å². The maximum absolute atomic E-state index is 12.2. The van der Waals surface area contributed by atoms with Gasteiger partial charge in [0.25, 0.3) is 24.1 Å². The van der Waals surface area contributed by atoms with Gasteiger partial charge in [-0.25, -0.2) is 9.37 Å². The number of hydrogen-bond donors (Lipinski definition) is 0. The van der Waals surface area contributed by atoms with Crippen LogP contribution >= 0.6 is 0 Å². The van der Waals surface area contributed by atoms with Crippen LogP contribution in [0.2, 0.25) is 0 Å². The Morgan fingerprint density at radius 3 is 2.61 bits per heavy atom. The van der Waals surface area contributed by atoms with Gasteiger partial charge in [-0.15, -0.1) is 0 Å². The Morgan fingerprint density at radius 2 is 2.00 bits per heavy atom. The number of imide groups is 1. The zero-order valence-corrected chi connectivity index (χ0v) is 11.3. The lowest BCUT2D eigenvalue weighted by Crippen LogP contribution is -2.61. The zero-order valence-electron chi connectivity index (χ0n) is 11.3. The molecule has 2 aliphatic rings. The lowest BCUT2D eigenvalue weighted by molar-refractivity contribution is -0.532. The van der Waals surface area contributed by atoms with Gasteiger partial charge < -0.3 is 0 Å². The fraction of sp³-hybridized carbons (Fsp3) is 0.667. The number of rotatable bonds is 3. The summed E-state index contributed by atoms with van der Waals surface area (Å²) in [4.78, 5) is 30.7. The molecule has 6 heteroatoms. The first-order valence-electron chi connectivity index (χ1n) is 6.15. The Labute approximate surface area is 107 Å². The molecule has 1 fully saturated rings. The second kappa shape index (κ2) is 4.51. The van der Waals surface area contributed by atoms with Gasteiger partial charge >= 0.3 is 6.03 Å². The maximum Gasteiger partial charge on any atom is 0.333 e. The summed E-state index contributed by atoms with van der Waals surface area (Å²) in [5.74, 6) is 0.902. The van der Waals surface area contributed by atoms with Gasteiger partial charge in [0.2, 0.25) is 0 Å². The normalized spacial score (nSPS) is 23.5. The number of fused-ring (bicyclic) bond motifs is 1. The van der Waals surface area contributed by atoms with Crippen LogP contribution in [0.3, 0.4) is 0 Å². The highest BCUT2D eigenvalue weighted by Crippen LogP contribution is 2.17. The fourth-order valence-electron chi connectivity index (χ4n) is 2.14. The summed E-state index contributed by atoms with van der Waals surface area (Å²) >= 11 is 0. The summed E-state index contributed by atoms with van der Waals surface area (Å²) in [7, 11) is 3.16. The number of urea groups is 1. The van der Waals surface area contributed by atoms with Gasteiger partial charge in [-0.1, -0.05) is 13.8 Å². The molecule has 3 amide bonds. The van der Waals surface area contributed by atoms with E-state index in [1.807, 2.05) is 4.58 Å². The third kappa shape index (κ3) is 1.91. The summed E-state index contributed by atoms with van der Waals surface area (Å²) in [6.07, 6.45) is 2.66. The van der Waals surface area contributed by atoms with Crippen LogP contribution < -0.4 is 0 Å². The number of amides is 3. The summed E-state index contributed by atoms with van der Waals surface area (Å²) in [5.41, 5.74) is 0. The standard InChI is InChI=1S/C12H19N4O2/c1-8(2)5-6-16-7-13-10-9(16)11(17)15(4)12(18)14(10)3/h7-9H,5-6H2,1-4H3/q+1. The molecule has 0 aromatic heterocycles. The summed E-state index contributed by atoms with van der Waals surface area (Å²) < 4.78 is 1.91. The van der Waals surface area contributed by atoms with E-state index in [0.717, 1.165) is 17.9 Å². The number of likely N-dealkylation sites (N-methyl/N-ethyl adjacent to an activating group) is 2. The van der Waals surface area contributed by atoms with Crippen molar-refractivity contribution in [2.75, 3.05) is 20.6 Å². The SMILES string of the molecule is CC(C)CC[N+]1=CN=C2C1C(=O)N(C)C(=O)N2C. The van der Waals surface area contributed by atoms with Gasteiger partial charge in [0.1, 0.15) is 0 Å². The smallest absolute Gasteiger partial charge is 0.269 e. The van der Waals surface area contributed by atoms with E-state index in [9.17, 15) is 9.59 Å². The highest BCUT2D eigenvalue weighted by Gasteiger charge is 2.50. The average Bonchev–Trinajstić information content (AvgIpc) is 2.75. The minimum atomic E-state index is -0.434. The first-order valence-corrected chi connectivity index (χ1v) is 6.15. The number of amidine groups is 1. The lowest BCUT2D eigenvalue weighted by atomic mass is 10.1. The molecule has 0 spiro atoms. The molecular formula is C12H19N4O2+. The second-order valence-corrected chi connectivity index (χ2v) is 5.16. The molecular weight excluding hydrogens is 232 g/mol. The Hall–Kier alpha value is -1.72. The van der Waals surface area contributed by atoms with Crippen LogP contribution in [0, 0.1) is 5.92 Å². The predicted octanol–water partition coefficient (Wildman–Crippen LogP) is 0.378. The van der Waals surface area contributed by atoms with Crippen LogP contribution in [0.25, 0.3) is 0 Å². The topological polar surface area (TPSA) is 56.0 Å². The van der Waals surface area contributed by atoms with Gasteiger partial charge in [-0.2, -0.15) is 0 Å². The van der Waals surface area contributed by atoms with Crippen LogP contribution in [-0.2, 0) is 4.79 Å². The minimum absolute atomic E-state index is 0.200. The third-order valence-electron chi connectivity index (χ3n) is 3.36. The Morgan fingerprint density at radius 1 is 1.33 bits per heavy atom. The Kier molecular flexibility index (Phi) is 3.19. The predicted molar refractivity (Wildman–Crippen MR) is 67.8 cm³/mol. The number of carbonyl (C=O) groups excluding carboxylic acids is 2. The van der Waals surface area contributed by atoms with Crippen molar-refractivity contribution in [3.05, 3.63) is 0 Å². The van der Waals surface area contributed by atoms with Crippen molar-refractivity contribution in [1.82, 2.24) is 9.80 Å². The van der Waals surface area contributed by atoms with Crippen LogP contribution in [-0.4, -0.2) is 65.2 Å². The first kappa shape index (κ1) is 12.7. The second-order valence-electron chi connectivity index (χ2n) is 5.16. The number of carbonyl (C=O) groups is 2. The largest absolute Gasteiger partial charge is 0.333 e. The van der Waals surface area contributed by atoms with Crippen molar-refractivity contribution in [3.8, 4) is 0 Å². The van der Waals surface area contributed by atoms with Gasteiger partial charge in [0.15, 0.2) is 0 Å². The molecule has 0 aromatic rings. The lowest BCUT2D eigenvalue weighted by Gasteiger charge is -2.30. The van der Waals surface area contributed by atoms with Crippen LogP contribution in [0.15, 0.2) is 4.99 Å². The van der Waals surface area contributed by atoms with E-state index in [-0.39, 0.29) is 11.9 Å². The molecule has 0 aliphatic carbocycles. The zero-order chi connectivity index (χ0) is 13.4. The monoisotopic (exact) mass is 251 g/mol. The molecule has 0 bridgehead atoms. The molecule has 0 saturated carbocycles. The van der Waals surface area contributed by atoms with Gasteiger partial charge in [-0.05, 0) is 17.3 Å². The average molecular weight is 251 g/mol. The third-order valence-corrected chi connectivity index (χ3v) is 3.36. The van der Waals surface area contributed by atoms with Crippen LogP contribution in [0.1, 0.15) is 20.3 Å². The molecule has 0 N–H and O–H groups in total. The number of hydrogen-bond acceptors (Lipinski definition) is 3. The highest BCUT2D eigenvalue weighted by molar-refractivity contribution is 6.21. The molecule has 6 nitrogen and oxygen atoms in total. The molecule has 0 aromatic carbocycles. The Balaban J connectivity index is 2.18. The quantitative estimate of drug-likeness (QED) is 0.681. The summed E-state index contributed by atoms with van der Waals surface area (Å²) in [6, 6.07) is -0.759. The van der Waals surface area contributed by atoms with Gasteiger partial charge in [0, 0.05) is 14.1 Å². The maximum atomic E-state index is 12.2. The van der Waals surface area contributed by atoms with Crippen molar-refractivity contribution in [2.45, 2.75) is 26.3 Å². The van der Waals surface area contributed by atoms with E-state index in [0.29, 0.717) is 11.8 Å². The molecule has 0 radical (unpaired) electrons. The Bertz CT molecular complexity index is 453. The minimum Gasteiger partial charge on any atom is -0.269 e. The molecule has 2 heterocycles. The molecule has 98 valence electrons. The van der Waals surface area contributed by atoms with Crippen molar-refractivity contribution in [1.29, 1.82) is 0 Å². The molecule has 2 rings (SSSR count). The van der Waals surface area contributed by atoms with E-state index in [4.69, 9.17) is 0 Å². The van der Waals surface area contributed by atoms with Crippen molar-refractivity contribution >= 4 is 24.1 Å². The number of aliphatic imine (C=N–C) groups is 1. The van der Waals surface area contributed by atoms with E-state index < -0.39 is 6.04 Å². The highest BCUT2D eigenvalue weighted by atomic mass is 16.2. The van der Waals surface area contributed by atoms with Gasteiger partial charge in [0.05, 0.1) is 6.54 Å². The van der Waals surface area contributed by atoms with Crippen molar-refractivity contribution < 1.29 is 14.2 Å². The fourth-order valence-corrected chi connectivity index (χ4v) is 2.14. The van der Waals surface area contributed by atoms with Crippen molar-refractivity contribution in [3.63, 3.8) is 0 Å². The molecule has 1 saturated heterocycles. The number of nitrogens with zero attached hydrogens (tertiary/aromatic N) is 4. The van der Waals surface area contributed by atoms with Crippen LogP contribution in [0.5, 0.6) is 0 Å². The molecule has 2 aliphatic heterocycles. The van der Waals surface area contributed by atoms with E-state index in [1.54, 1.807) is 13.4 Å². The first-order chi connectivity index (χ1) is 8.43. The molecule has 18 heavy (non-hydrogen) atoms. The summed E-state index contributed by atoms with van der Waals surface area (Å²) in [5, 5.41) is 0. The van der Waals surface area contributed by atoms with Crippen molar-refractivity contribution in [2.24, 2.45) is 10.9 Å². The van der Waals surface area contributed by atoms with E-state index in [1.165, 1.54) is 11.9 Å². The van der Waals surface area contributed by atoms with E-state index >= 15 is 0 Å².